The number of carbonyl (C=O) groups excluding carboxylic acids is 1. The lowest BCUT2D eigenvalue weighted by Gasteiger charge is -2.22. The highest BCUT2D eigenvalue weighted by molar-refractivity contribution is 5.77. The van der Waals surface area contributed by atoms with Gasteiger partial charge in [-0.2, -0.15) is 0 Å². The van der Waals surface area contributed by atoms with Gasteiger partial charge in [-0.25, -0.2) is 0 Å². The fourth-order valence-corrected chi connectivity index (χ4v) is 1.98. The smallest absolute Gasteiger partial charge is 0.305 e. The Balaban J connectivity index is 2.30. The van der Waals surface area contributed by atoms with Crippen LogP contribution < -0.4 is 0 Å². The minimum absolute atomic E-state index is 0.0166. The Hall–Kier alpha value is -1.10. The van der Waals surface area contributed by atoms with Crippen LogP contribution in [0.5, 0.6) is 0 Å². The third-order valence-corrected chi connectivity index (χ3v) is 3.17. The van der Waals surface area contributed by atoms with Crippen LogP contribution in [0.1, 0.15) is 25.7 Å². The largest absolute Gasteiger partial charge is 0.481 e. The molecular formula is C11H20N2O3. The van der Waals surface area contributed by atoms with E-state index in [-0.39, 0.29) is 12.3 Å². The van der Waals surface area contributed by atoms with E-state index < -0.39 is 5.97 Å². The Morgan fingerprint density at radius 2 is 2.19 bits per heavy atom. The molecule has 0 aliphatic carbocycles. The van der Waals surface area contributed by atoms with Crippen LogP contribution in [0.15, 0.2) is 0 Å². The summed E-state index contributed by atoms with van der Waals surface area (Å²) >= 11 is 0. The molecule has 1 fully saturated rings. The van der Waals surface area contributed by atoms with Crippen LogP contribution >= 0.6 is 0 Å². The number of carboxylic acid groups (broad SMARTS) is 1. The van der Waals surface area contributed by atoms with Crippen molar-refractivity contribution in [2.24, 2.45) is 0 Å². The minimum atomic E-state index is -0.863. The van der Waals surface area contributed by atoms with E-state index in [1.165, 1.54) is 4.90 Å². The number of likely N-dealkylation sites (tertiary alicyclic amines) is 1. The van der Waals surface area contributed by atoms with Crippen molar-refractivity contribution in [1.29, 1.82) is 0 Å². The molecule has 5 heteroatoms. The molecule has 1 heterocycles. The van der Waals surface area contributed by atoms with Gasteiger partial charge in [0, 0.05) is 26.1 Å². The fraction of sp³-hybridized carbons (Fsp3) is 0.818. The van der Waals surface area contributed by atoms with Crippen LogP contribution in [-0.2, 0) is 9.59 Å². The molecule has 5 nitrogen and oxygen atoms in total. The number of aliphatic carboxylic acids is 1. The summed E-state index contributed by atoms with van der Waals surface area (Å²) in [4.78, 5) is 25.9. The van der Waals surface area contributed by atoms with Crippen LogP contribution in [0.4, 0.5) is 0 Å². The molecular weight excluding hydrogens is 208 g/mol. The quantitative estimate of drug-likeness (QED) is 0.740. The Bertz CT molecular complexity index is 268. The number of amides is 1. The molecule has 1 unspecified atom stereocenters. The summed E-state index contributed by atoms with van der Waals surface area (Å²) in [6.45, 7) is 1.35. The third-order valence-electron chi connectivity index (χ3n) is 3.17. The van der Waals surface area contributed by atoms with E-state index in [1.54, 1.807) is 7.05 Å². The first-order chi connectivity index (χ1) is 7.50. The van der Waals surface area contributed by atoms with Crippen molar-refractivity contribution < 1.29 is 14.7 Å². The summed E-state index contributed by atoms with van der Waals surface area (Å²) in [5.74, 6) is -0.822. The maximum atomic E-state index is 11.8. The lowest BCUT2D eigenvalue weighted by molar-refractivity contribution is -0.138. The average Bonchev–Trinajstić information content (AvgIpc) is 2.60. The van der Waals surface area contributed by atoms with Crippen molar-refractivity contribution in [3.05, 3.63) is 0 Å². The van der Waals surface area contributed by atoms with Gasteiger partial charge in [0.2, 0.25) is 5.91 Å². The predicted octanol–water partition coefficient (Wildman–Crippen LogP) is 0.404. The van der Waals surface area contributed by atoms with E-state index >= 15 is 0 Å². The van der Waals surface area contributed by atoms with Crippen LogP contribution in [0.3, 0.4) is 0 Å². The Morgan fingerprint density at radius 3 is 2.69 bits per heavy atom. The second-order valence-corrected chi connectivity index (χ2v) is 4.44. The fourth-order valence-electron chi connectivity index (χ4n) is 1.98. The van der Waals surface area contributed by atoms with Crippen molar-refractivity contribution in [2.45, 2.75) is 31.7 Å². The number of nitrogens with zero attached hydrogens (tertiary/aromatic N) is 2. The van der Waals surface area contributed by atoms with E-state index in [1.807, 2.05) is 7.05 Å². The van der Waals surface area contributed by atoms with Crippen LogP contribution in [0.25, 0.3) is 0 Å². The highest BCUT2D eigenvalue weighted by Crippen LogP contribution is 2.18. The van der Waals surface area contributed by atoms with E-state index in [0.717, 1.165) is 19.4 Å². The zero-order chi connectivity index (χ0) is 12.1. The van der Waals surface area contributed by atoms with E-state index in [4.69, 9.17) is 5.11 Å². The molecule has 0 saturated carbocycles. The zero-order valence-corrected chi connectivity index (χ0v) is 9.98. The molecule has 1 aliphatic heterocycles. The van der Waals surface area contributed by atoms with Gasteiger partial charge in [-0.15, -0.1) is 0 Å². The molecule has 0 bridgehead atoms. The van der Waals surface area contributed by atoms with Gasteiger partial charge in [0.1, 0.15) is 0 Å². The van der Waals surface area contributed by atoms with Gasteiger partial charge < -0.3 is 14.9 Å². The second-order valence-electron chi connectivity index (χ2n) is 4.44. The number of hydrogen-bond acceptors (Lipinski definition) is 3. The summed E-state index contributed by atoms with van der Waals surface area (Å²) in [6, 6.07) is 0.333. The van der Waals surface area contributed by atoms with Crippen molar-refractivity contribution in [3.8, 4) is 0 Å². The maximum Gasteiger partial charge on any atom is 0.305 e. The number of rotatable bonds is 5. The van der Waals surface area contributed by atoms with Crippen molar-refractivity contribution >= 4 is 11.9 Å². The highest BCUT2D eigenvalue weighted by Gasteiger charge is 2.24. The molecule has 1 N–H and O–H groups in total. The van der Waals surface area contributed by atoms with Crippen molar-refractivity contribution in [3.63, 3.8) is 0 Å². The van der Waals surface area contributed by atoms with Gasteiger partial charge in [0.25, 0.3) is 0 Å². The monoisotopic (exact) mass is 228 g/mol. The zero-order valence-electron chi connectivity index (χ0n) is 9.98. The topological polar surface area (TPSA) is 60.9 Å². The van der Waals surface area contributed by atoms with E-state index in [0.29, 0.717) is 19.0 Å². The average molecular weight is 228 g/mol. The molecule has 1 rings (SSSR count). The van der Waals surface area contributed by atoms with Gasteiger partial charge in [-0.05, 0) is 26.4 Å². The molecule has 1 atom stereocenters. The number of carboxylic acids is 1. The molecule has 1 amide bonds. The first-order valence-corrected chi connectivity index (χ1v) is 5.66. The van der Waals surface area contributed by atoms with Crippen LogP contribution in [0.2, 0.25) is 0 Å². The van der Waals surface area contributed by atoms with E-state index in [2.05, 4.69) is 4.90 Å². The second kappa shape index (κ2) is 5.84. The SMILES string of the molecule is CN(CCC(=O)O)C(=O)CC1CCCN1C. The standard InChI is InChI=1S/C11H20N2O3/c1-12-6-3-4-9(12)8-10(14)13(2)7-5-11(15)16/h9H,3-8H2,1-2H3,(H,15,16). The first kappa shape index (κ1) is 13.0. The normalized spacial score (nSPS) is 21.0. The van der Waals surface area contributed by atoms with Crippen LogP contribution in [0, 0.1) is 0 Å². The number of hydrogen-bond donors (Lipinski definition) is 1. The summed E-state index contributed by atoms with van der Waals surface area (Å²) in [5, 5.41) is 8.52. The lowest BCUT2D eigenvalue weighted by atomic mass is 10.1. The molecule has 0 spiro atoms. The molecule has 0 aromatic heterocycles. The molecule has 92 valence electrons. The number of carbonyl (C=O) groups is 2. The van der Waals surface area contributed by atoms with Gasteiger partial charge in [-0.1, -0.05) is 0 Å². The van der Waals surface area contributed by atoms with Gasteiger partial charge in [-0.3, -0.25) is 9.59 Å². The van der Waals surface area contributed by atoms with Gasteiger partial charge in [0.15, 0.2) is 0 Å². The first-order valence-electron chi connectivity index (χ1n) is 5.66. The molecule has 16 heavy (non-hydrogen) atoms. The molecule has 1 aliphatic rings. The van der Waals surface area contributed by atoms with Crippen LogP contribution in [-0.4, -0.2) is 60.0 Å². The summed E-state index contributed by atoms with van der Waals surface area (Å²) < 4.78 is 0. The molecule has 0 aromatic rings. The molecule has 0 radical (unpaired) electrons. The van der Waals surface area contributed by atoms with Crippen molar-refractivity contribution in [2.75, 3.05) is 27.2 Å². The van der Waals surface area contributed by atoms with Gasteiger partial charge >= 0.3 is 5.97 Å². The maximum absolute atomic E-state index is 11.8. The molecule has 1 saturated heterocycles. The Morgan fingerprint density at radius 1 is 1.50 bits per heavy atom. The Kier molecular flexibility index (Phi) is 4.73. The highest BCUT2D eigenvalue weighted by atomic mass is 16.4. The van der Waals surface area contributed by atoms with Gasteiger partial charge in [0.05, 0.1) is 6.42 Å². The third kappa shape index (κ3) is 3.81. The predicted molar refractivity (Wildman–Crippen MR) is 60.2 cm³/mol. The Labute approximate surface area is 96.0 Å². The minimum Gasteiger partial charge on any atom is -0.481 e. The summed E-state index contributed by atoms with van der Waals surface area (Å²) in [6.07, 6.45) is 2.73. The van der Waals surface area contributed by atoms with Crippen molar-refractivity contribution in [1.82, 2.24) is 9.80 Å². The molecule has 0 aromatic carbocycles. The lowest BCUT2D eigenvalue weighted by Crippen LogP contribution is -2.35. The summed E-state index contributed by atoms with van der Waals surface area (Å²) in [7, 11) is 3.70. The van der Waals surface area contributed by atoms with E-state index in [9.17, 15) is 9.59 Å². The summed E-state index contributed by atoms with van der Waals surface area (Å²) in [5.41, 5.74) is 0.